The zero-order valence-corrected chi connectivity index (χ0v) is 15.1. The molecule has 126 valence electrons. The highest BCUT2D eigenvalue weighted by atomic mass is 32.1. The molecule has 1 aromatic heterocycles. The molecule has 2 fully saturated rings. The number of ketones is 1. The molecule has 2 saturated carbocycles. The van der Waals surface area contributed by atoms with Gasteiger partial charge >= 0.3 is 0 Å². The molecular formula is C19H27NO2S. The maximum absolute atomic E-state index is 12.2. The van der Waals surface area contributed by atoms with Crippen molar-refractivity contribution in [2.24, 2.45) is 11.8 Å². The Balaban J connectivity index is 0.000000220. The molecule has 3 aliphatic carbocycles. The Bertz CT molecular complexity index is 597. The van der Waals surface area contributed by atoms with Crippen LogP contribution in [-0.4, -0.2) is 18.2 Å². The molecule has 0 unspecified atom stereocenters. The lowest BCUT2D eigenvalue weighted by Gasteiger charge is -2.12. The highest BCUT2D eigenvalue weighted by Gasteiger charge is 2.26. The number of hydrogen-bond donors (Lipinski definition) is 1. The fourth-order valence-corrected chi connectivity index (χ4v) is 4.40. The molecule has 4 heteroatoms. The van der Waals surface area contributed by atoms with Crippen molar-refractivity contribution in [3.05, 3.63) is 20.9 Å². The summed E-state index contributed by atoms with van der Waals surface area (Å²) in [7, 11) is 0. The van der Waals surface area contributed by atoms with Crippen molar-refractivity contribution >= 4 is 23.0 Å². The molecule has 1 amide bonds. The van der Waals surface area contributed by atoms with E-state index in [4.69, 9.17) is 0 Å². The molecule has 3 aliphatic rings. The van der Waals surface area contributed by atoms with Gasteiger partial charge in [0.05, 0.1) is 5.56 Å². The van der Waals surface area contributed by atoms with E-state index in [1.807, 2.05) is 11.3 Å². The predicted octanol–water partition coefficient (Wildman–Crippen LogP) is 4.06. The van der Waals surface area contributed by atoms with Gasteiger partial charge < -0.3 is 5.32 Å². The van der Waals surface area contributed by atoms with Crippen LogP contribution in [0.1, 0.15) is 71.1 Å². The number of aryl methyl sites for hydroxylation is 2. The summed E-state index contributed by atoms with van der Waals surface area (Å²) in [5.41, 5.74) is 2.36. The second-order valence-electron chi connectivity index (χ2n) is 7.18. The van der Waals surface area contributed by atoms with E-state index in [1.54, 1.807) is 6.92 Å². The fraction of sp³-hybridized carbons (Fsp3) is 0.684. The summed E-state index contributed by atoms with van der Waals surface area (Å²) in [5, 5.41) is 3.11. The number of Topliss-reactive ketones (excluding diaryl/α,β-unsaturated/α-hetero) is 1. The molecule has 1 heterocycles. The first-order valence-corrected chi connectivity index (χ1v) is 9.77. The van der Waals surface area contributed by atoms with Crippen molar-refractivity contribution in [2.45, 2.75) is 65.2 Å². The lowest BCUT2D eigenvalue weighted by atomic mass is 9.94. The first-order valence-electron chi connectivity index (χ1n) is 8.96. The van der Waals surface area contributed by atoms with Crippen LogP contribution in [0, 0.1) is 18.8 Å². The summed E-state index contributed by atoms with van der Waals surface area (Å²) in [4.78, 5) is 25.1. The van der Waals surface area contributed by atoms with E-state index in [-0.39, 0.29) is 5.91 Å². The van der Waals surface area contributed by atoms with Gasteiger partial charge in [-0.05, 0) is 76.7 Å². The average Bonchev–Trinajstić information content (AvgIpc) is 3.41. The van der Waals surface area contributed by atoms with Gasteiger partial charge in [-0.15, -0.1) is 11.3 Å². The minimum absolute atomic E-state index is 0.175. The Kier molecular flexibility index (Phi) is 5.20. The Morgan fingerprint density at radius 1 is 1.13 bits per heavy atom. The van der Waals surface area contributed by atoms with Gasteiger partial charge in [0.25, 0.3) is 5.91 Å². The molecule has 0 aliphatic heterocycles. The zero-order valence-electron chi connectivity index (χ0n) is 14.2. The molecule has 0 aromatic carbocycles. The molecule has 1 N–H and O–H groups in total. The van der Waals surface area contributed by atoms with E-state index in [2.05, 4.69) is 12.2 Å². The Labute approximate surface area is 142 Å². The van der Waals surface area contributed by atoms with Crippen molar-refractivity contribution in [1.82, 2.24) is 5.32 Å². The maximum Gasteiger partial charge on any atom is 0.252 e. The molecule has 23 heavy (non-hydrogen) atoms. The molecule has 1 aromatic rings. The number of thiophene rings is 1. The second-order valence-corrected chi connectivity index (χ2v) is 8.49. The lowest BCUT2D eigenvalue weighted by Crippen LogP contribution is -2.27. The van der Waals surface area contributed by atoms with E-state index >= 15 is 0 Å². The van der Waals surface area contributed by atoms with Crippen LogP contribution >= 0.6 is 11.3 Å². The first kappa shape index (κ1) is 16.7. The summed E-state index contributed by atoms with van der Waals surface area (Å²) in [6, 6.07) is 0. The van der Waals surface area contributed by atoms with Crippen LogP contribution < -0.4 is 5.32 Å². The summed E-state index contributed by atoms with van der Waals surface area (Å²) < 4.78 is 0. The van der Waals surface area contributed by atoms with Crippen LogP contribution in [-0.2, 0) is 17.6 Å². The van der Waals surface area contributed by atoms with Gasteiger partial charge in [-0.3, -0.25) is 9.59 Å². The minimum atomic E-state index is 0.175. The largest absolute Gasteiger partial charge is 0.352 e. The smallest absolute Gasteiger partial charge is 0.252 e. The quantitative estimate of drug-likeness (QED) is 0.903. The van der Waals surface area contributed by atoms with Crippen molar-refractivity contribution in [3.63, 3.8) is 0 Å². The van der Waals surface area contributed by atoms with E-state index in [9.17, 15) is 9.59 Å². The molecule has 0 saturated heterocycles. The van der Waals surface area contributed by atoms with Gasteiger partial charge in [-0.25, -0.2) is 0 Å². The number of carbonyl (C=O) groups excluding carboxylic acids is 2. The molecule has 0 bridgehead atoms. The minimum Gasteiger partial charge on any atom is -0.352 e. The molecule has 3 nitrogen and oxygen atoms in total. The van der Waals surface area contributed by atoms with Crippen molar-refractivity contribution in [2.75, 3.05) is 6.54 Å². The summed E-state index contributed by atoms with van der Waals surface area (Å²) in [5.74, 6) is 1.77. The number of carbonyl (C=O) groups is 2. The van der Waals surface area contributed by atoms with Gasteiger partial charge in [0.2, 0.25) is 0 Å². The summed E-state index contributed by atoms with van der Waals surface area (Å²) in [6.45, 7) is 4.63. The first-order chi connectivity index (χ1) is 11.1. The van der Waals surface area contributed by atoms with E-state index < -0.39 is 0 Å². The molecule has 0 atom stereocenters. The van der Waals surface area contributed by atoms with Crippen molar-refractivity contribution in [1.29, 1.82) is 0 Å². The Morgan fingerprint density at radius 2 is 1.83 bits per heavy atom. The number of fused-ring (bicyclic) bond motifs is 1. The van der Waals surface area contributed by atoms with Gasteiger partial charge in [-0.1, -0.05) is 0 Å². The summed E-state index contributed by atoms with van der Waals surface area (Å²) >= 11 is 1.83. The van der Waals surface area contributed by atoms with Gasteiger partial charge in [0, 0.05) is 22.2 Å². The lowest BCUT2D eigenvalue weighted by molar-refractivity contribution is -0.118. The normalized spacial score (nSPS) is 19.4. The van der Waals surface area contributed by atoms with Crippen LogP contribution in [0.2, 0.25) is 0 Å². The van der Waals surface area contributed by atoms with Gasteiger partial charge in [0.15, 0.2) is 0 Å². The van der Waals surface area contributed by atoms with Crippen LogP contribution in [0.5, 0.6) is 0 Å². The van der Waals surface area contributed by atoms with Crippen LogP contribution in [0.25, 0.3) is 0 Å². The molecule has 0 radical (unpaired) electrons. The molecule has 4 rings (SSSR count). The number of rotatable bonds is 4. The van der Waals surface area contributed by atoms with Crippen LogP contribution in [0.4, 0.5) is 0 Å². The van der Waals surface area contributed by atoms with Crippen molar-refractivity contribution < 1.29 is 9.59 Å². The Morgan fingerprint density at radius 3 is 2.39 bits per heavy atom. The average molecular weight is 333 g/mol. The number of nitrogens with one attached hydrogen (secondary N) is 1. The molecular weight excluding hydrogens is 306 g/mol. The highest BCUT2D eigenvalue weighted by Crippen LogP contribution is 2.34. The maximum atomic E-state index is 12.2. The third-order valence-corrected chi connectivity index (χ3v) is 6.18. The van der Waals surface area contributed by atoms with E-state index in [1.165, 1.54) is 47.4 Å². The van der Waals surface area contributed by atoms with Crippen molar-refractivity contribution in [3.8, 4) is 0 Å². The van der Waals surface area contributed by atoms with Gasteiger partial charge in [0.1, 0.15) is 5.78 Å². The third kappa shape index (κ3) is 4.43. The van der Waals surface area contributed by atoms with Gasteiger partial charge in [-0.2, -0.15) is 0 Å². The highest BCUT2D eigenvalue weighted by molar-refractivity contribution is 7.12. The Hall–Kier alpha value is -1.16. The predicted molar refractivity (Wildman–Crippen MR) is 94.2 cm³/mol. The van der Waals surface area contributed by atoms with E-state index in [0.29, 0.717) is 11.7 Å². The summed E-state index contributed by atoms with van der Waals surface area (Å²) in [6.07, 6.45) is 9.69. The fourth-order valence-electron chi connectivity index (χ4n) is 3.14. The number of hydrogen-bond acceptors (Lipinski definition) is 3. The monoisotopic (exact) mass is 333 g/mol. The third-order valence-electron chi connectivity index (χ3n) is 4.97. The number of amides is 1. The topological polar surface area (TPSA) is 46.2 Å². The standard InChI is InChI=1S/C14H19NOS.C5H8O/c1-9-13(14(16)15-8-10-6-7-10)11-4-2-3-5-12(11)17-9;1-4(6)5-2-3-5/h10H,2-8H2,1H3,(H,15,16);5H,2-3H2,1H3. The van der Waals surface area contributed by atoms with Crippen LogP contribution in [0.3, 0.4) is 0 Å². The SMILES string of the molecule is CC(=O)C1CC1.Cc1sc2c(c1C(=O)NCC1CC1)CCCC2. The second kappa shape index (κ2) is 7.16. The zero-order chi connectivity index (χ0) is 16.4. The molecule has 0 spiro atoms. The van der Waals surface area contributed by atoms with Crippen LogP contribution in [0.15, 0.2) is 0 Å². The van der Waals surface area contributed by atoms with E-state index in [0.717, 1.165) is 37.3 Å².